The van der Waals surface area contributed by atoms with Crippen molar-refractivity contribution in [1.82, 2.24) is 0 Å². The number of rotatable bonds is 2. The van der Waals surface area contributed by atoms with Gasteiger partial charge in [0.2, 0.25) is 0 Å². The van der Waals surface area contributed by atoms with Crippen LogP contribution in [0, 0.1) is 23.7 Å². The molecule has 27 heavy (non-hydrogen) atoms. The zero-order valence-electron chi connectivity index (χ0n) is 17.4. The summed E-state index contributed by atoms with van der Waals surface area (Å²) in [6.07, 6.45) is 1.88. The Balaban J connectivity index is 2.08. The van der Waals surface area contributed by atoms with Gasteiger partial charge in [0.1, 0.15) is 11.7 Å². The Kier molecular flexibility index (Phi) is 5.52. The van der Waals surface area contributed by atoms with Crippen molar-refractivity contribution in [2.45, 2.75) is 96.2 Å². The van der Waals surface area contributed by atoms with E-state index in [2.05, 4.69) is 20.4 Å². The Hall–Kier alpha value is -0.910. The number of carbonyl (C=O) groups is 1. The number of aliphatic hydroxyl groups is 2. The Morgan fingerprint density at radius 1 is 1.33 bits per heavy atom. The Morgan fingerprint density at radius 2 is 2.00 bits per heavy atom. The molecule has 0 spiro atoms. The molecule has 2 bridgehead atoms. The van der Waals surface area contributed by atoms with E-state index in [0.717, 1.165) is 12.8 Å². The van der Waals surface area contributed by atoms with Crippen LogP contribution >= 0.6 is 0 Å². The number of aliphatic hydroxyl groups excluding tert-OH is 1. The molecule has 0 unspecified atom stereocenters. The maximum absolute atomic E-state index is 11.9. The van der Waals surface area contributed by atoms with Gasteiger partial charge in [0.25, 0.3) is 0 Å². The van der Waals surface area contributed by atoms with Crippen LogP contribution in [0.5, 0.6) is 0 Å². The molecule has 5 nitrogen and oxygen atoms in total. The monoisotopic (exact) mass is 380 g/mol. The van der Waals surface area contributed by atoms with Crippen molar-refractivity contribution >= 4 is 5.97 Å². The minimum Gasteiger partial charge on any atom is -0.457 e. The third kappa shape index (κ3) is 3.70. The van der Waals surface area contributed by atoms with Crippen molar-refractivity contribution in [2.24, 2.45) is 23.7 Å². The summed E-state index contributed by atoms with van der Waals surface area (Å²) in [6, 6.07) is 0. The van der Waals surface area contributed by atoms with Crippen molar-refractivity contribution in [1.29, 1.82) is 0 Å². The first kappa shape index (κ1) is 20.8. The fourth-order valence-electron chi connectivity index (χ4n) is 5.90. The maximum atomic E-state index is 11.9. The summed E-state index contributed by atoms with van der Waals surface area (Å²) in [5, 5.41) is 21.5. The molecular formula is C22H36O5. The molecule has 0 radical (unpaired) electrons. The predicted molar refractivity (Wildman–Crippen MR) is 103 cm³/mol. The van der Waals surface area contributed by atoms with E-state index in [1.54, 1.807) is 6.92 Å². The van der Waals surface area contributed by atoms with Gasteiger partial charge in [0, 0.05) is 25.2 Å². The Bertz CT molecular complexity index is 598. The smallest absolute Gasteiger partial charge is 0.303 e. The highest BCUT2D eigenvalue weighted by Gasteiger charge is 2.60. The van der Waals surface area contributed by atoms with Crippen molar-refractivity contribution in [3.8, 4) is 0 Å². The van der Waals surface area contributed by atoms with Gasteiger partial charge in [-0.1, -0.05) is 26.0 Å². The molecule has 3 fully saturated rings. The van der Waals surface area contributed by atoms with Crippen LogP contribution in [0.3, 0.4) is 0 Å². The second-order valence-corrected chi connectivity index (χ2v) is 9.83. The standard InChI is InChI=1S/C22H36O5/c1-12(2)15-8-7-13(3)18-16-11-21(5,25)17(24)9-10-22(6,27-14(4)23)20(26-16)19(15)18/h12,15-20,24-25H,3,7-11H2,1-2,4-6H3/t15-,16-,17+,18-,19-,20-,21+,22+/m1/s1. The molecule has 2 heterocycles. The van der Waals surface area contributed by atoms with Gasteiger partial charge in [-0.2, -0.15) is 0 Å². The molecule has 0 aromatic heterocycles. The van der Waals surface area contributed by atoms with Crippen LogP contribution < -0.4 is 0 Å². The van der Waals surface area contributed by atoms with Gasteiger partial charge >= 0.3 is 5.97 Å². The molecule has 3 aliphatic rings. The number of ether oxygens (including phenoxy) is 2. The van der Waals surface area contributed by atoms with Gasteiger partial charge in [0.05, 0.1) is 17.8 Å². The van der Waals surface area contributed by atoms with Crippen LogP contribution in [0.1, 0.15) is 66.7 Å². The highest BCUT2D eigenvalue weighted by molar-refractivity contribution is 5.66. The maximum Gasteiger partial charge on any atom is 0.303 e. The predicted octanol–water partition coefficient (Wildman–Crippen LogP) is 3.23. The second-order valence-electron chi connectivity index (χ2n) is 9.83. The van der Waals surface area contributed by atoms with Crippen molar-refractivity contribution in [2.75, 3.05) is 0 Å². The lowest BCUT2D eigenvalue weighted by atomic mass is 9.60. The highest BCUT2D eigenvalue weighted by atomic mass is 16.6. The molecule has 1 aliphatic carbocycles. The van der Waals surface area contributed by atoms with E-state index in [-0.39, 0.29) is 30.0 Å². The van der Waals surface area contributed by atoms with E-state index in [0.29, 0.717) is 31.1 Å². The quantitative estimate of drug-likeness (QED) is 0.568. The van der Waals surface area contributed by atoms with Gasteiger partial charge in [0.15, 0.2) is 0 Å². The number of hydrogen-bond acceptors (Lipinski definition) is 5. The summed E-state index contributed by atoms with van der Waals surface area (Å²) >= 11 is 0. The van der Waals surface area contributed by atoms with Crippen LogP contribution in [0.25, 0.3) is 0 Å². The van der Waals surface area contributed by atoms with E-state index in [4.69, 9.17) is 9.47 Å². The SMILES string of the molecule is C=C1CC[C@H](C(C)C)[C@@H]2[C@H]1[C@H]1C[C@](C)(O)[C@@H](O)CC[C@](C)(OC(C)=O)[C@@H]2O1. The molecule has 2 N–H and O–H groups in total. The van der Waals surface area contributed by atoms with E-state index < -0.39 is 17.3 Å². The Morgan fingerprint density at radius 3 is 2.59 bits per heavy atom. The van der Waals surface area contributed by atoms with Crippen molar-refractivity contribution in [3.63, 3.8) is 0 Å². The lowest BCUT2D eigenvalue weighted by molar-refractivity contribution is -0.179. The topological polar surface area (TPSA) is 76.0 Å². The van der Waals surface area contributed by atoms with E-state index in [9.17, 15) is 15.0 Å². The van der Waals surface area contributed by atoms with Gasteiger partial charge in [-0.05, 0) is 51.4 Å². The lowest BCUT2D eigenvalue weighted by Crippen LogP contribution is -2.51. The third-order valence-electron chi connectivity index (χ3n) is 7.33. The molecule has 0 amide bonds. The fourth-order valence-corrected chi connectivity index (χ4v) is 5.90. The molecule has 5 heteroatoms. The molecule has 0 aromatic rings. The summed E-state index contributed by atoms with van der Waals surface area (Å²) in [5.74, 6) is 0.956. The minimum atomic E-state index is -1.24. The van der Waals surface area contributed by atoms with Crippen LogP contribution in [0.15, 0.2) is 12.2 Å². The normalized spacial score (nSPS) is 47.8. The summed E-state index contributed by atoms with van der Waals surface area (Å²) in [7, 11) is 0. The van der Waals surface area contributed by atoms with E-state index in [1.807, 2.05) is 6.92 Å². The molecule has 154 valence electrons. The molecule has 0 aromatic carbocycles. The van der Waals surface area contributed by atoms with Crippen LogP contribution in [-0.4, -0.2) is 45.7 Å². The first-order chi connectivity index (χ1) is 12.5. The highest BCUT2D eigenvalue weighted by Crippen LogP contribution is 2.55. The molecule has 2 saturated heterocycles. The zero-order chi connectivity index (χ0) is 20.1. The van der Waals surface area contributed by atoms with Crippen molar-refractivity contribution < 1.29 is 24.5 Å². The van der Waals surface area contributed by atoms with Gasteiger partial charge < -0.3 is 19.7 Å². The third-order valence-corrected chi connectivity index (χ3v) is 7.33. The fraction of sp³-hybridized carbons (Fsp3) is 0.864. The summed E-state index contributed by atoms with van der Waals surface area (Å²) in [4.78, 5) is 11.9. The van der Waals surface area contributed by atoms with Gasteiger partial charge in [-0.3, -0.25) is 4.79 Å². The zero-order valence-corrected chi connectivity index (χ0v) is 17.4. The Labute approximate surface area is 163 Å². The molecular weight excluding hydrogens is 344 g/mol. The number of fused-ring (bicyclic) bond motifs is 5. The largest absolute Gasteiger partial charge is 0.457 e. The van der Waals surface area contributed by atoms with Crippen LogP contribution in [-0.2, 0) is 14.3 Å². The average Bonchev–Trinajstić information content (AvgIpc) is 2.92. The van der Waals surface area contributed by atoms with Gasteiger partial charge in [-0.15, -0.1) is 0 Å². The summed E-state index contributed by atoms with van der Waals surface area (Å²) in [6.45, 7) is 13.9. The number of hydrogen-bond donors (Lipinski definition) is 2. The summed E-state index contributed by atoms with van der Waals surface area (Å²) < 4.78 is 12.4. The number of carbonyl (C=O) groups excluding carboxylic acids is 1. The van der Waals surface area contributed by atoms with Crippen LogP contribution in [0.4, 0.5) is 0 Å². The molecule has 8 atom stereocenters. The second kappa shape index (κ2) is 7.16. The van der Waals surface area contributed by atoms with E-state index >= 15 is 0 Å². The van der Waals surface area contributed by atoms with Gasteiger partial charge in [-0.25, -0.2) is 0 Å². The van der Waals surface area contributed by atoms with E-state index in [1.165, 1.54) is 12.5 Å². The number of esters is 1. The summed E-state index contributed by atoms with van der Waals surface area (Å²) in [5.41, 5.74) is -0.896. The van der Waals surface area contributed by atoms with Crippen molar-refractivity contribution in [3.05, 3.63) is 12.2 Å². The average molecular weight is 381 g/mol. The lowest BCUT2D eigenvalue weighted by Gasteiger charge is -2.45. The molecule has 3 rings (SSSR count). The molecule has 1 saturated carbocycles. The first-order valence-electron chi connectivity index (χ1n) is 10.4. The first-order valence-corrected chi connectivity index (χ1v) is 10.4. The minimum absolute atomic E-state index is 0.128. The van der Waals surface area contributed by atoms with Crippen LogP contribution in [0.2, 0.25) is 0 Å². The molecule has 2 aliphatic heterocycles.